The van der Waals surface area contributed by atoms with Gasteiger partial charge < -0.3 is 15.6 Å². The molecule has 0 saturated heterocycles. The van der Waals surface area contributed by atoms with Gasteiger partial charge in [0.05, 0.1) is 18.6 Å². The Kier molecular flexibility index (Phi) is 17.0. The minimum atomic E-state index is -1.07. The lowest BCUT2D eigenvalue weighted by Gasteiger charge is -2.32. The third-order valence-electron chi connectivity index (χ3n) is 6.47. The Hall–Kier alpha value is -1.46. The number of aliphatic carboxylic acids is 1. The fraction of sp³-hybridized carbons (Fsp3) is 0.778. The van der Waals surface area contributed by atoms with Crippen LogP contribution in [0.4, 0.5) is 0 Å². The van der Waals surface area contributed by atoms with Gasteiger partial charge in [0.25, 0.3) is 0 Å². The summed E-state index contributed by atoms with van der Waals surface area (Å²) in [5.74, 6) is -0.230. The maximum Gasteiger partial charge on any atom is 0.211 e. The molecule has 1 unspecified atom stereocenters. The molecular formula is C27H49N3O2. The van der Waals surface area contributed by atoms with E-state index in [0.29, 0.717) is 19.5 Å². The molecule has 0 aromatic heterocycles. The van der Waals surface area contributed by atoms with Gasteiger partial charge >= 0.3 is 0 Å². The topological polar surface area (TPSA) is 78.5 Å². The summed E-state index contributed by atoms with van der Waals surface area (Å²) in [6, 6.07) is 0. The lowest BCUT2D eigenvalue weighted by atomic mass is 10.0. The number of nitrogens with two attached hydrogens (primary N) is 1. The molecular weight excluding hydrogens is 398 g/mol. The molecule has 0 aromatic rings. The molecule has 1 aliphatic rings. The predicted molar refractivity (Wildman–Crippen MR) is 134 cm³/mol. The van der Waals surface area contributed by atoms with Gasteiger partial charge in [-0.25, -0.2) is 9.48 Å². The molecule has 1 aliphatic heterocycles. The molecule has 0 spiro atoms. The summed E-state index contributed by atoms with van der Waals surface area (Å²) in [4.78, 5) is 15.5. The lowest BCUT2D eigenvalue weighted by Crippen LogP contribution is -2.54. The fourth-order valence-electron chi connectivity index (χ4n) is 4.51. The number of quaternary nitrogens is 1. The van der Waals surface area contributed by atoms with Gasteiger partial charge in [0.1, 0.15) is 19.3 Å². The summed E-state index contributed by atoms with van der Waals surface area (Å²) in [7, 11) is 0. The van der Waals surface area contributed by atoms with Crippen LogP contribution in [-0.2, 0) is 4.79 Å². The van der Waals surface area contributed by atoms with Crippen molar-refractivity contribution in [3.63, 3.8) is 0 Å². The van der Waals surface area contributed by atoms with Gasteiger partial charge in [-0.3, -0.25) is 0 Å². The van der Waals surface area contributed by atoms with Crippen molar-refractivity contribution in [1.29, 1.82) is 0 Å². The number of unbranched alkanes of at least 4 members (excludes halogenated alkanes) is 15. The number of carbonyl (C=O) groups is 1. The van der Waals surface area contributed by atoms with Crippen molar-refractivity contribution in [1.82, 2.24) is 0 Å². The zero-order valence-corrected chi connectivity index (χ0v) is 20.7. The molecule has 2 N–H and O–H groups in total. The molecule has 1 rings (SSSR count). The van der Waals surface area contributed by atoms with Gasteiger partial charge in [0.15, 0.2) is 0 Å². The lowest BCUT2D eigenvalue weighted by molar-refractivity contribution is -0.780. The van der Waals surface area contributed by atoms with E-state index in [1.807, 2.05) is 6.20 Å². The fourth-order valence-corrected chi connectivity index (χ4v) is 4.51. The van der Waals surface area contributed by atoms with E-state index in [1.54, 1.807) is 6.20 Å². The highest BCUT2D eigenvalue weighted by Crippen LogP contribution is 2.19. The molecule has 184 valence electrons. The number of allylic oxidation sites excluding steroid dienone is 1. The number of amidine groups is 1. The molecule has 1 atom stereocenters. The first-order chi connectivity index (χ1) is 15.6. The second-order valence-electron chi connectivity index (χ2n) is 9.33. The van der Waals surface area contributed by atoms with Crippen LogP contribution in [0.1, 0.15) is 116 Å². The van der Waals surface area contributed by atoms with Crippen molar-refractivity contribution in [2.45, 2.75) is 116 Å². The number of aliphatic imine (C=N–C) groups is 1. The summed E-state index contributed by atoms with van der Waals surface area (Å²) in [6.07, 6.45) is 30.4. The third-order valence-corrected chi connectivity index (χ3v) is 6.47. The number of carboxylic acid groups (broad SMARTS) is 1. The van der Waals surface area contributed by atoms with Crippen molar-refractivity contribution in [2.75, 3.05) is 19.6 Å². The number of rotatable bonds is 22. The van der Waals surface area contributed by atoms with E-state index in [4.69, 9.17) is 5.73 Å². The molecule has 1 heterocycles. The smallest absolute Gasteiger partial charge is 0.211 e. The van der Waals surface area contributed by atoms with Gasteiger partial charge in [0.2, 0.25) is 5.84 Å². The summed E-state index contributed by atoms with van der Waals surface area (Å²) in [5, 5.41) is 11.1. The Morgan fingerprint density at radius 3 is 1.94 bits per heavy atom. The van der Waals surface area contributed by atoms with Crippen LogP contribution < -0.4 is 10.8 Å². The quantitative estimate of drug-likeness (QED) is 0.133. The van der Waals surface area contributed by atoms with Crippen molar-refractivity contribution >= 4 is 11.8 Å². The Balaban J connectivity index is 1.97. The first-order valence-electron chi connectivity index (χ1n) is 13.3. The summed E-state index contributed by atoms with van der Waals surface area (Å²) in [6.45, 7) is 3.14. The maximum atomic E-state index is 11.1. The second-order valence-corrected chi connectivity index (χ2v) is 9.33. The molecule has 0 amide bonds. The molecule has 0 aliphatic carbocycles. The van der Waals surface area contributed by atoms with Crippen LogP contribution in [0.2, 0.25) is 0 Å². The van der Waals surface area contributed by atoms with Crippen LogP contribution in [0.25, 0.3) is 0 Å². The highest BCUT2D eigenvalue weighted by molar-refractivity contribution is 5.82. The minimum absolute atomic E-state index is 0.0978. The van der Waals surface area contributed by atoms with Crippen LogP contribution in [0.5, 0.6) is 0 Å². The van der Waals surface area contributed by atoms with Gasteiger partial charge in [-0.1, -0.05) is 109 Å². The van der Waals surface area contributed by atoms with E-state index >= 15 is 0 Å². The standard InChI is InChI=1S/C27H49N3O2/c1-2-3-4-5-6-7-8-9-10-11-12-13-14-15-16-17-18-19-20-26-29-22-24-30(26,23-21-28)25-27(31)32/h18-19,22,24H,2-17,20-21,23,25,28H2,1H3/b19-18+. The first-order valence-corrected chi connectivity index (χ1v) is 13.3. The molecule has 32 heavy (non-hydrogen) atoms. The van der Waals surface area contributed by atoms with Crippen molar-refractivity contribution < 1.29 is 14.4 Å². The second kappa shape index (κ2) is 19.0. The normalized spacial score (nSPS) is 18.0. The van der Waals surface area contributed by atoms with Crippen molar-refractivity contribution in [3.05, 3.63) is 24.6 Å². The molecule has 0 radical (unpaired) electrons. The Morgan fingerprint density at radius 2 is 1.44 bits per heavy atom. The van der Waals surface area contributed by atoms with E-state index in [1.165, 1.54) is 96.3 Å². The minimum Gasteiger partial charge on any atom is -0.544 e. The van der Waals surface area contributed by atoms with E-state index in [2.05, 4.69) is 24.1 Å². The molecule has 5 nitrogen and oxygen atoms in total. The Labute approximate surface area is 197 Å². The van der Waals surface area contributed by atoms with E-state index in [9.17, 15) is 9.90 Å². The highest BCUT2D eigenvalue weighted by atomic mass is 16.4. The zero-order chi connectivity index (χ0) is 23.3. The van der Waals surface area contributed by atoms with Gasteiger partial charge in [0, 0.05) is 6.54 Å². The largest absolute Gasteiger partial charge is 0.544 e. The van der Waals surface area contributed by atoms with Crippen LogP contribution in [0.3, 0.4) is 0 Å². The maximum absolute atomic E-state index is 11.1. The summed E-state index contributed by atoms with van der Waals surface area (Å²) >= 11 is 0. The monoisotopic (exact) mass is 447 g/mol. The number of hydrogen-bond donors (Lipinski definition) is 1. The third kappa shape index (κ3) is 13.2. The number of carboxylic acids is 1. The van der Waals surface area contributed by atoms with Crippen LogP contribution >= 0.6 is 0 Å². The molecule has 0 saturated carbocycles. The number of hydrogen-bond acceptors (Lipinski definition) is 4. The molecule has 0 bridgehead atoms. The Morgan fingerprint density at radius 1 is 0.906 bits per heavy atom. The van der Waals surface area contributed by atoms with Crippen molar-refractivity contribution in [2.24, 2.45) is 10.7 Å². The van der Waals surface area contributed by atoms with E-state index < -0.39 is 5.97 Å². The first kappa shape index (κ1) is 28.6. The van der Waals surface area contributed by atoms with Crippen LogP contribution in [0.15, 0.2) is 29.5 Å². The molecule has 5 heteroatoms. The SMILES string of the molecule is CCCCCCCCCCCCCCCCC/C=C/CC1=NC=C[N+]1(CCN)CC(=O)[O-]. The number of carbonyl (C=O) groups excluding carboxylic acids is 1. The van der Waals surface area contributed by atoms with Gasteiger partial charge in [-0.05, 0) is 12.8 Å². The molecule has 0 fully saturated rings. The zero-order valence-electron chi connectivity index (χ0n) is 20.7. The van der Waals surface area contributed by atoms with Gasteiger partial charge in [-0.15, -0.1) is 0 Å². The summed E-state index contributed by atoms with van der Waals surface area (Å²) in [5.41, 5.74) is 5.69. The average molecular weight is 448 g/mol. The van der Waals surface area contributed by atoms with E-state index in [0.717, 1.165) is 12.3 Å². The number of nitrogens with zero attached hydrogens (tertiary/aromatic N) is 2. The average Bonchev–Trinajstić information content (AvgIpc) is 3.14. The van der Waals surface area contributed by atoms with Crippen LogP contribution in [0, 0.1) is 0 Å². The van der Waals surface area contributed by atoms with Gasteiger partial charge in [-0.2, -0.15) is 0 Å². The van der Waals surface area contributed by atoms with Crippen LogP contribution in [-0.4, -0.2) is 35.9 Å². The Bertz CT molecular complexity index is 571. The summed E-state index contributed by atoms with van der Waals surface area (Å²) < 4.78 is 0.197. The van der Waals surface area contributed by atoms with E-state index in [-0.39, 0.29) is 11.0 Å². The predicted octanol–water partition coefficient (Wildman–Crippen LogP) is 5.60. The van der Waals surface area contributed by atoms with Crippen molar-refractivity contribution in [3.8, 4) is 0 Å². The molecule has 0 aromatic carbocycles. The highest BCUT2D eigenvalue weighted by Gasteiger charge is 2.34.